The van der Waals surface area contributed by atoms with Crippen molar-refractivity contribution in [2.75, 3.05) is 6.54 Å². The molecule has 2 heterocycles. The highest BCUT2D eigenvalue weighted by Crippen LogP contribution is 2.28. The van der Waals surface area contributed by atoms with Crippen LogP contribution in [0.2, 0.25) is 5.02 Å². The number of fused-ring (bicyclic) bond motifs is 1. The Bertz CT molecular complexity index is 628. The van der Waals surface area contributed by atoms with E-state index in [4.69, 9.17) is 23.2 Å². The molecule has 1 unspecified atom stereocenters. The molecule has 2 aromatic rings. The van der Waals surface area contributed by atoms with Gasteiger partial charge in [-0.05, 0) is 24.6 Å². The number of rotatable bonds is 2. The first-order valence-electron chi connectivity index (χ1n) is 6.18. The van der Waals surface area contributed by atoms with Crippen molar-refractivity contribution in [3.8, 4) is 0 Å². The molecular formula is C13H13Cl2N3O. The van der Waals surface area contributed by atoms with Gasteiger partial charge in [-0.3, -0.25) is 4.79 Å². The second kappa shape index (κ2) is 5.02. The zero-order valence-corrected chi connectivity index (χ0v) is 11.7. The fourth-order valence-corrected chi connectivity index (χ4v) is 2.91. The van der Waals surface area contributed by atoms with Crippen molar-refractivity contribution >= 4 is 40.1 Å². The standard InChI is InChI=1S/C13H13Cl2N3O/c14-6-12-17-10-3-1-8(15)5-11(10)18(12)9-2-4-13(19)16-7-9/h1,3,5,9H,2,4,6-7H2,(H,16,19). The minimum atomic E-state index is 0.103. The summed E-state index contributed by atoms with van der Waals surface area (Å²) in [6.45, 7) is 0.612. The number of nitrogens with one attached hydrogen (secondary N) is 1. The summed E-state index contributed by atoms with van der Waals surface area (Å²) in [6, 6.07) is 5.80. The first kappa shape index (κ1) is 12.8. The van der Waals surface area contributed by atoms with Crippen LogP contribution in [-0.2, 0) is 10.7 Å². The molecule has 100 valence electrons. The molecule has 1 fully saturated rings. The summed E-state index contributed by atoms with van der Waals surface area (Å²) in [7, 11) is 0. The van der Waals surface area contributed by atoms with Crippen LogP contribution in [0.1, 0.15) is 24.7 Å². The van der Waals surface area contributed by atoms with E-state index >= 15 is 0 Å². The summed E-state index contributed by atoms with van der Waals surface area (Å²) in [4.78, 5) is 15.8. The lowest BCUT2D eigenvalue weighted by molar-refractivity contribution is -0.122. The number of aromatic nitrogens is 2. The lowest BCUT2D eigenvalue weighted by Crippen LogP contribution is -2.36. The first-order valence-corrected chi connectivity index (χ1v) is 7.09. The van der Waals surface area contributed by atoms with Crippen LogP contribution in [0.15, 0.2) is 18.2 Å². The minimum absolute atomic E-state index is 0.103. The van der Waals surface area contributed by atoms with E-state index in [0.717, 1.165) is 23.3 Å². The van der Waals surface area contributed by atoms with Gasteiger partial charge in [0, 0.05) is 18.0 Å². The van der Waals surface area contributed by atoms with Gasteiger partial charge < -0.3 is 9.88 Å². The molecule has 1 aliphatic heterocycles. The number of benzene rings is 1. The van der Waals surface area contributed by atoms with Gasteiger partial charge in [-0.15, -0.1) is 11.6 Å². The van der Waals surface area contributed by atoms with Gasteiger partial charge in [0.15, 0.2) is 0 Å². The monoisotopic (exact) mass is 297 g/mol. The fourth-order valence-electron chi connectivity index (χ4n) is 2.56. The minimum Gasteiger partial charge on any atom is -0.354 e. The fraction of sp³-hybridized carbons (Fsp3) is 0.385. The second-order valence-corrected chi connectivity index (χ2v) is 5.36. The molecule has 3 rings (SSSR count). The van der Waals surface area contributed by atoms with Gasteiger partial charge >= 0.3 is 0 Å². The van der Waals surface area contributed by atoms with Crippen molar-refractivity contribution in [3.63, 3.8) is 0 Å². The summed E-state index contributed by atoms with van der Waals surface area (Å²) < 4.78 is 2.10. The normalized spacial score (nSPS) is 19.7. The Labute approximate surface area is 120 Å². The van der Waals surface area contributed by atoms with Crippen LogP contribution in [0.3, 0.4) is 0 Å². The molecule has 19 heavy (non-hydrogen) atoms. The first-order chi connectivity index (χ1) is 9.19. The van der Waals surface area contributed by atoms with Crippen molar-refractivity contribution in [2.45, 2.75) is 24.8 Å². The summed E-state index contributed by atoms with van der Waals surface area (Å²) >= 11 is 12.0. The van der Waals surface area contributed by atoms with Crippen molar-refractivity contribution in [1.29, 1.82) is 0 Å². The lowest BCUT2D eigenvalue weighted by atomic mass is 10.1. The van der Waals surface area contributed by atoms with E-state index in [2.05, 4.69) is 14.9 Å². The maximum Gasteiger partial charge on any atom is 0.220 e. The molecule has 1 aliphatic rings. The number of imidazole rings is 1. The summed E-state index contributed by atoms with van der Waals surface area (Å²) in [6.07, 6.45) is 1.33. The van der Waals surface area contributed by atoms with Crippen LogP contribution in [-0.4, -0.2) is 22.0 Å². The molecule has 1 aromatic heterocycles. The summed E-state index contributed by atoms with van der Waals surface area (Å²) in [5.41, 5.74) is 1.86. The van der Waals surface area contributed by atoms with Crippen molar-refractivity contribution in [1.82, 2.24) is 14.9 Å². The van der Waals surface area contributed by atoms with Crippen LogP contribution in [0.5, 0.6) is 0 Å². The quantitative estimate of drug-likeness (QED) is 0.867. The molecule has 0 spiro atoms. The Balaban J connectivity index is 2.09. The van der Waals surface area contributed by atoms with E-state index in [9.17, 15) is 4.79 Å². The second-order valence-electron chi connectivity index (χ2n) is 4.66. The molecule has 6 heteroatoms. The Kier molecular flexibility index (Phi) is 3.37. The predicted molar refractivity (Wildman–Crippen MR) is 75.6 cm³/mol. The van der Waals surface area contributed by atoms with Gasteiger partial charge in [-0.25, -0.2) is 4.98 Å². The smallest absolute Gasteiger partial charge is 0.220 e. The number of nitrogens with zero attached hydrogens (tertiary/aromatic N) is 2. The van der Waals surface area contributed by atoms with Crippen LogP contribution in [0.4, 0.5) is 0 Å². The Morgan fingerprint density at radius 1 is 1.47 bits per heavy atom. The average molecular weight is 298 g/mol. The number of carbonyl (C=O) groups is 1. The van der Waals surface area contributed by atoms with Crippen LogP contribution in [0.25, 0.3) is 11.0 Å². The Morgan fingerprint density at radius 2 is 2.32 bits per heavy atom. The van der Waals surface area contributed by atoms with E-state index in [0.29, 0.717) is 23.9 Å². The van der Waals surface area contributed by atoms with Gasteiger partial charge in [0.1, 0.15) is 5.82 Å². The van der Waals surface area contributed by atoms with Gasteiger partial charge in [-0.1, -0.05) is 11.6 Å². The third-order valence-corrected chi connectivity index (χ3v) is 3.92. The third-order valence-electron chi connectivity index (χ3n) is 3.45. The van der Waals surface area contributed by atoms with Crippen LogP contribution >= 0.6 is 23.2 Å². The number of hydrogen-bond donors (Lipinski definition) is 1. The Hall–Kier alpha value is -1.26. The number of carbonyl (C=O) groups excluding carboxylic acids is 1. The number of hydrogen-bond acceptors (Lipinski definition) is 2. The number of halogens is 2. The molecule has 1 saturated heterocycles. The van der Waals surface area contributed by atoms with Crippen molar-refractivity contribution < 1.29 is 4.79 Å². The maximum atomic E-state index is 11.3. The SMILES string of the molecule is O=C1CCC(n2c(CCl)nc3ccc(Cl)cc32)CN1. The highest BCUT2D eigenvalue weighted by molar-refractivity contribution is 6.31. The van der Waals surface area contributed by atoms with E-state index in [1.165, 1.54) is 0 Å². The van der Waals surface area contributed by atoms with Gasteiger partial charge in [-0.2, -0.15) is 0 Å². The van der Waals surface area contributed by atoms with Crippen molar-refractivity contribution in [2.24, 2.45) is 0 Å². The van der Waals surface area contributed by atoms with Gasteiger partial charge in [0.25, 0.3) is 0 Å². The molecule has 0 aliphatic carbocycles. The largest absolute Gasteiger partial charge is 0.354 e. The zero-order chi connectivity index (χ0) is 13.4. The zero-order valence-electron chi connectivity index (χ0n) is 10.2. The molecule has 1 amide bonds. The molecule has 4 nitrogen and oxygen atoms in total. The number of alkyl halides is 1. The van der Waals surface area contributed by atoms with Gasteiger partial charge in [0.2, 0.25) is 5.91 Å². The molecular weight excluding hydrogens is 285 g/mol. The summed E-state index contributed by atoms with van der Waals surface area (Å²) in [5.74, 6) is 1.27. The number of amides is 1. The van der Waals surface area contributed by atoms with E-state index in [1.807, 2.05) is 18.2 Å². The highest BCUT2D eigenvalue weighted by atomic mass is 35.5. The van der Waals surface area contributed by atoms with Crippen molar-refractivity contribution in [3.05, 3.63) is 29.0 Å². The highest BCUT2D eigenvalue weighted by Gasteiger charge is 2.23. The van der Waals surface area contributed by atoms with Crippen LogP contribution < -0.4 is 5.32 Å². The topological polar surface area (TPSA) is 46.9 Å². The van der Waals surface area contributed by atoms with E-state index < -0.39 is 0 Å². The molecule has 0 radical (unpaired) electrons. The number of piperidine rings is 1. The molecule has 1 N–H and O–H groups in total. The van der Waals surface area contributed by atoms with E-state index in [1.54, 1.807) is 0 Å². The average Bonchev–Trinajstić information content (AvgIpc) is 2.77. The molecule has 1 atom stereocenters. The predicted octanol–water partition coefficient (Wildman–Crippen LogP) is 2.88. The summed E-state index contributed by atoms with van der Waals surface area (Å²) in [5, 5.41) is 3.56. The molecule has 0 bridgehead atoms. The van der Waals surface area contributed by atoms with E-state index in [-0.39, 0.29) is 11.9 Å². The lowest BCUT2D eigenvalue weighted by Gasteiger charge is -2.25. The maximum absolute atomic E-state index is 11.3. The molecule has 0 saturated carbocycles. The Morgan fingerprint density at radius 3 is 3.00 bits per heavy atom. The third kappa shape index (κ3) is 2.30. The van der Waals surface area contributed by atoms with Crippen LogP contribution in [0, 0.1) is 0 Å². The molecule has 1 aromatic carbocycles. The van der Waals surface area contributed by atoms with Gasteiger partial charge in [0.05, 0.1) is 23.0 Å².